The van der Waals surface area contributed by atoms with E-state index < -0.39 is 0 Å². The maximum atomic E-state index is 6.15. The van der Waals surface area contributed by atoms with Gasteiger partial charge in [-0.1, -0.05) is 36.2 Å². The number of halogens is 2. The minimum absolute atomic E-state index is 0.663. The number of benzene rings is 1. The Bertz CT molecular complexity index is 525. The van der Waals surface area contributed by atoms with Crippen LogP contribution in [0.25, 0.3) is 0 Å². The van der Waals surface area contributed by atoms with E-state index in [0.717, 1.165) is 35.8 Å². The van der Waals surface area contributed by atoms with E-state index in [2.05, 4.69) is 22.6 Å². The molecule has 2 aromatic rings. The van der Waals surface area contributed by atoms with Crippen molar-refractivity contribution in [2.45, 2.75) is 19.9 Å². The summed E-state index contributed by atoms with van der Waals surface area (Å²) in [5, 5.41) is 7.79. The van der Waals surface area contributed by atoms with Gasteiger partial charge in [0.15, 0.2) is 0 Å². The molecule has 96 valence electrons. The standard InChI is InChI=1S/C13H14Cl2N2S/c1-2-16-7-11-8-18-13(17-11)5-9-3-4-10(14)6-12(9)15/h3-4,6,8,16H,2,5,7H2,1H3. The van der Waals surface area contributed by atoms with Gasteiger partial charge < -0.3 is 5.32 Å². The van der Waals surface area contributed by atoms with Crippen molar-refractivity contribution in [1.29, 1.82) is 0 Å². The molecule has 0 atom stereocenters. The second-order valence-corrected chi connectivity index (χ2v) is 5.71. The molecule has 18 heavy (non-hydrogen) atoms. The van der Waals surface area contributed by atoms with Crippen LogP contribution in [0.5, 0.6) is 0 Å². The summed E-state index contributed by atoms with van der Waals surface area (Å²) in [4.78, 5) is 4.57. The second-order valence-electron chi connectivity index (χ2n) is 3.93. The lowest BCUT2D eigenvalue weighted by Gasteiger charge is -2.02. The number of hydrogen-bond acceptors (Lipinski definition) is 3. The second kappa shape index (κ2) is 6.53. The highest BCUT2D eigenvalue weighted by Gasteiger charge is 2.06. The molecule has 1 heterocycles. The van der Waals surface area contributed by atoms with E-state index in [1.807, 2.05) is 12.1 Å². The normalized spacial score (nSPS) is 10.8. The van der Waals surface area contributed by atoms with E-state index in [9.17, 15) is 0 Å². The van der Waals surface area contributed by atoms with Gasteiger partial charge in [0.2, 0.25) is 0 Å². The molecule has 0 spiro atoms. The predicted octanol–water partition coefficient (Wildman–Crippen LogP) is 4.15. The average Bonchev–Trinajstić information content (AvgIpc) is 2.78. The molecule has 0 saturated heterocycles. The molecule has 0 amide bonds. The molecule has 0 radical (unpaired) electrons. The molecule has 0 bridgehead atoms. The number of aromatic nitrogens is 1. The third-order valence-corrected chi connectivity index (χ3v) is 4.00. The van der Waals surface area contributed by atoms with E-state index in [0.29, 0.717) is 10.0 Å². The minimum atomic E-state index is 0.663. The zero-order valence-electron chi connectivity index (χ0n) is 10.0. The van der Waals surface area contributed by atoms with Crippen molar-refractivity contribution in [2.75, 3.05) is 6.54 Å². The Kier molecular flexibility index (Phi) is 5.01. The first-order chi connectivity index (χ1) is 8.69. The zero-order valence-corrected chi connectivity index (χ0v) is 12.4. The molecule has 1 aromatic carbocycles. The van der Waals surface area contributed by atoms with Crippen LogP contribution in [0.4, 0.5) is 0 Å². The van der Waals surface area contributed by atoms with Crippen molar-refractivity contribution in [3.05, 3.63) is 49.9 Å². The van der Waals surface area contributed by atoms with Crippen molar-refractivity contribution in [3.63, 3.8) is 0 Å². The van der Waals surface area contributed by atoms with Crippen LogP contribution in [-0.2, 0) is 13.0 Å². The van der Waals surface area contributed by atoms with Crippen LogP contribution in [0.3, 0.4) is 0 Å². The molecule has 1 aromatic heterocycles. The largest absolute Gasteiger partial charge is 0.311 e. The Labute approximate surface area is 121 Å². The Balaban J connectivity index is 2.06. The smallest absolute Gasteiger partial charge is 0.0973 e. The van der Waals surface area contributed by atoms with Gasteiger partial charge in [-0.15, -0.1) is 11.3 Å². The number of nitrogens with one attached hydrogen (secondary N) is 1. The van der Waals surface area contributed by atoms with Crippen LogP contribution in [0, 0.1) is 0 Å². The summed E-state index contributed by atoms with van der Waals surface area (Å²) in [7, 11) is 0. The van der Waals surface area contributed by atoms with E-state index in [4.69, 9.17) is 23.2 Å². The fourth-order valence-electron chi connectivity index (χ4n) is 1.59. The molecular weight excluding hydrogens is 287 g/mol. The fraction of sp³-hybridized carbons (Fsp3) is 0.308. The number of thiazole rings is 1. The van der Waals surface area contributed by atoms with E-state index in [1.54, 1.807) is 17.4 Å². The summed E-state index contributed by atoms with van der Waals surface area (Å²) in [5.41, 5.74) is 2.15. The Morgan fingerprint density at radius 1 is 1.33 bits per heavy atom. The summed E-state index contributed by atoms with van der Waals surface area (Å²) < 4.78 is 0. The molecule has 0 aliphatic rings. The molecule has 0 fully saturated rings. The van der Waals surface area contributed by atoms with Crippen LogP contribution in [0.2, 0.25) is 10.0 Å². The lowest BCUT2D eigenvalue weighted by Crippen LogP contribution is -2.11. The van der Waals surface area contributed by atoms with Crippen LogP contribution >= 0.6 is 34.5 Å². The maximum Gasteiger partial charge on any atom is 0.0973 e. The topological polar surface area (TPSA) is 24.9 Å². The summed E-state index contributed by atoms with van der Waals surface area (Å²) >= 11 is 13.7. The van der Waals surface area contributed by atoms with Crippen LogP contribution in [-0.4, -0.2) is 11.5 Å². The summed E-state index contributed by atoms with van der Waals surface area (Å²) in [6.07, 6.45) is 0.757. The molecule has 0 saturated carbocycles. The maximum absolute atomic E-state index is 6.15. The van der Waals surface area contributed by atoms with E-state index in [-0.39, 0.29) is 0 Å². The zero-order chi connectivity index (χ0) is 13.0. The molecule has 5 heteroatoms. The van der Waals surface area contributed by atoms with Gasteiger partial charge in [-0.2, -0.15) is 0 Å². The molecular formula is C13H14Cl2N2S. The first-order valence-corrected chi connectivity index (χ1v) is 7.40. The molecule has 0 unspecified atom stereocenters. The van der Waals surface area contributed by atoms with Crippen LogP contribution < -0.4 is 5.32 Å². The molecule has 2 nitrogen and oxygen atoms in total. The number of nitrogens with zero attached hydrogens (tertiary/aromatic N) is 1. The fourth-order valence-corrected chi connectivity index (χ4v) is 2.88. The minimum Gasteiger partial charge on any atom is -0.311 e. The summed E-state index contributed by atoms with van der Waals surface area (Å²) in [6, 6.07) is 5.58. The predicted molar refractivity (Wildman–Crippen MR) is 78.8 cm³/mol. The first kappa shape index (κ1) is 13.8. The van der Waals surface area contributed by atoms with E-state index in [1.165, 1.54) is 0 Å². The van der Waals surface area contributed by atoms with Gasteiger partial charge in [-0.05, 0) is 24.2 Å². The molecule has 1 N–H and O–H groups in total. The van der Waals surface area contributed by atoms with Gasteiger partial charge in [0.1, 0.15) is 0 Å². The molecule has 2 rings (SSSR count). The Hall–Kier alpha value is -0.610. The highest BCUT2D eigenvalue weighted by Crippen LogP contribution is 2.24. The Morgan fingerprint density at radius 2 is 2.17 bits per heavy atom. The van der Waals surface area contributed by atoms with Crippen molar-refractivity contribution < 1.29 is 0 Å². The van der Waals surface area contributed by atoms with Gasteiger partial charge in [0.25, 0.3) is 0 Å². The van der Waals surface area contributed by atoms with E-state index >= 15 is 0 Å². The van der Waals surface area contributed by atoms with Crippen molar-refractivity contribution in [3.8, 4) is 0 Å². The van der Waals surface area contributed by atoms with Gasteiger partial charge in [0.05, 0.1) is 10.7 Å². The third kappa shape index (κ3) is 3.69. The lowest BCUT2D eigenvalue weighted by atomic mass is 10.1. The lowest BCUT2D eigenvalue weighted by molar-refractivity contribution is 0.712. The number of hydrogen-bond donors (Lipinski definition) is 1. The highest BCUT2D eigenvalue weighted by molar-refractivity contribution is 7.09. The summed E-state index contributed by atoms with van der Waals surface area (Å²) in [6.45, 7) is 3.86. The quantitative estimate of drug-likeness (QED) is 0.897. The van der Waals surface area contributed by atoms with Crippen molar-refractivity contribution >= 4 is 34.5 Å². The van der Waals surface area contributed by atoms with Gasteiger partial charge in [-0.25, -0.2) is 4.98 Å². The first-order valence-electron chi connectivity index (χ1n) is 5.77. The monoisotopic (exact) mass is 300 g/mol. The average molecular weight is 301 g/mol. The SMILES string of the molecule is CCNCc1csc(Cc2ccc(Cl)cc2Cl)n1. The van der Waals surface area contributed by atoms with Gasteiger partial charge >= 0.3 is 0 Å². The van der Waals surface area contributed by atoms with Crippen LogP contribution in [0.1, 0.15) is 23.2 Å². The third-order valence-electron chi connectivity index (χ3n) is 2.51. The molecule has 0 aliphatic carbocycles. The summed E-state index contributed by atoms with van der Waals surface area (Å²) in [5.74, 6) is 0. The van der Waals surface area contributed by atoms with Crippen molar-refractivity contribution in [2.24, 2.45) is 0 Å². The van der Waals surface area contributed by atoms with Crippen molar-refractivity contribution in [1.82, 2.24) is 10.3 Å². The Morgan fingerprint density at radius 3 is 2.89 bits per heavy atom. The molecule has 0 aliphatic heterocycles. The van der Waals surface area contributed by atoms with Gasteiger partial charge in [-0.3, -0.25) is 0 Å². The van der Waals surface area contributed by atoms with Gasteiger partial charge in [0, 0.05) is 28.4 Å². The highest BCUT2D eigenvalue weighted by atomic mass is 35.5. The number of rotatable bonds is 5. The van der Waals surface area contributed by atoms with Crippen LogP contribution in [0.15, 0.2) is 23.6 Å².